The highest BCUT2D eigenvalue weighted by Gasteiger charge is 2.26. The van der Waals surface area contributed by atoms with E-state index in [1.807, 2.05) is 0 Å². The molecule has 0 heterocycles. The number of Topliss-reactive ketones (excluding diaryl/α,β-unsaturated/α-hetero) is 1. The summed E-state index contributed by atoms with van der Waals surface area (Å²) in [7, 11) is 1.30. The number of nitrogens with one attached hydrogen (secondary N) is 1. The lowest BCUT2D eigenvalue weighted by Gasteiger charge is -2.16. The summed E-state index contributed by atoms with van der Waals surface area (Å²) >= 11 is 11.8. The van der Waals surface area contributed by atoms with Gasteiger partial charge in [0.15, 0.2) is 5.75 Å². The highest BCUT2D eigenvalue weighted by atomic mass is 35.5. The molecule has 0 saturated carbocycles. The molecule has 1 rings (SSSR count). The van der Waals surface area contributed by atoms with Crippen molar-refractivity contribution in [2.75, 3.05) is 7.11 Å². The van der Waals surface area contributed by atoms with Crippen molar-refractivity contribution in [3.05, 3.63) is 27.7 Å². The van der Waals surface area contributed by atoms with Crippen molar-refractivity contribution in [3.63, 3.8) is 0 Å². The summed E-state index contributed by atoms with van der Waals surface area (Å²) in [6, 6.07) is 1.49. The van der Waals surface area contributed by atoms with Crippen LogP contribution in [0.2, 0.25) is 10.0 Å². The number of aliphatic carboxylic acids is 1. The minimum Gasteiger partial charge on any atom is -0.494 e. The van der Waals surface area contributed by atoms with Crippen LogP contribution in [-0.4, -0.2) is 35.9 Å². The van der Waals surface area contributed by atoms with Gasteiger partial charge in [-0.05, 0) is 19.1 Å². The van der Waals surface area contributed by atoms with Gasteiger partial charge in [0.05, 0.1) is 17.2 Å². The standard InChI is InChI=1S/C13H13Cl2NO5/c1-6(17)5-9(13(19)20)16-12(18)10-7(14)3-4-8(15)11(10)21-2/h3-4,9H,5H2,1-2H3,(H,16,18)(H,19,20). The van der Waals surface area contributed by atoms with Gasteiger partial charge < -0.3 is 15.2 Å². The number of hydrogen-bond acceptors (Lipinski definition) is 4. The van der Waals surface area contributed by atoms with Crippen molar-refractivity contribution in [2.45, 2.75) is 19.4 Å². The van der Waals surface area contributed by atoms with Gasteiger partial charge in [0, 0.05) is 6.42 Å². The second-order valence-corrected chi connectivity index (χ2v) is 5.02. The number of ether oxygens (including phenoxy) is 1. The lowest BCUT2D eigenvalue weighted by molar-refractivity contribution is -0.140. The van der Waals surface area contributed by atoms with Gasteiger partial charge in [0.1, 0.15) is 17.4 Å². The summed E-state index contributed by atoms with van der Waals surface area (Å²) in [5.41, 5.74) is -0.0820. The molecule has 2 N–H and O–H groups in total. The van der Waals surface area contributed by atoms with Crippen molar-refractivity contribution >= 4 is 40.9 Å². The van der Waals surface area contributed by atoms with Gasteiger partial charge in [-0.15, -0.1) is 0 Å². The predicted molar refractivity (Wildman–Crippen MR) is 77.2 cm³/mol. The highest BCUT2D eigenvalue weighted by Crippen LogP contribution is 2.33. The van der Waals surface area contributed by atoms with E-state index in [2.05, 4.69) is 5.32 Å². The van der Waals surface area contributed by atoms with Gasteiger partial charge in [0.25, 0.3) is 5.91 Å². The first kappa shape index (κ1) is 17.3. The number of halogens is 2. The summed E-state index contributed by atoms with van der Waals surface area (Å²) in [6.45, 7) is 1.23. The van der Waals surface area contributed by atoms with Gasteiger partial charge >= 0.3 is 5.97 Å². The lowest BCUT2D eigenvalue weighted by Crippen LogP contribution is -2.42. The maximum atomic E-state index is 12.2. The Morgan fingerprint density at radius 3 is 2.33 bits per heavy atom. The second-order valence-electron chi connectivity index (χ2n) is 4.21. The van der Waals surface area contributed by atoms with E-state index in [1.165, 1.54) is 26.2 Å². The molecule has 1 unspecified atom stereocenters. The van der Waals surface area contributed by atoms with Crippen LogP contribution in [0.25, 0.3) is 0 Å². The van der Waals surface area contributed by atoms with Crippen LogP contribution in [0.5, 0.6) is 5.75 Å². The average molecular weight is 334 g/mol. The number of hydrogen-bond donors (Lipinski definition) is 2. The van der Waals surface area contributed by atoms with Gasteiger partial charge in [-0.25, -0.2) is 4.79 Å². The zero-order valence-electron chi connectivity index (χ0n) is 11.3. The Morgan fingerprint density at radius 2 is 1.86 bits per heavy atom. The van der Waals surface area contributed by atoms with E-state index in [9.17, 15) is 14.4 Å². The lowest BCUT2D eigenvalue weighted by atomic mass is 10.1. The summed E-state index contributed by atoms with van der Waals surface area (Å²) in [6.07, 6.45) is -0.332. The molecule has 1 aromatic rings. The molecule has 1 aromatic carbocycles. The second kappa shape index (κ2) is 7.28. The quantitative estimate of drug-likeness (QED) is 0.832. The summed E-state index contributed by atoms with van der Waals surface area (Å²) in [5.74, 6) is -2.44. The number of rotatable bonds is 6. The van der Waals surface area contributed by atoms with E-state index >= 15 is 0 Å². The van der Waals surface area contributed by atoms with E-state index in [4.69, 9.17) is 33.0 Å². The molecule has 0 aliphatic carbocycles. The summed E-state index contributed by atoms with van der Waals surface area (Å²) < 4.78 is 5.01. The first-order valence-electron chi connectivity index (χ1n) is 5.83. The molecule has 0 aromatic heterocycles. The molecule has 0 fully saturated rings. The van der Waals surface area contributed by atoms with Crippen molar-refractivity contribution in [1.82, 2.24) is 5.32 Å². The zero-order valence-corrected chi connectivity index (χ0v) is 12.8. The fraction of sp³-hybridized carbons (Fsp3) is 0.308. The normalized spacial score (nSPS) is 11.6. The number of carbonyl (C=O) groups excluding carboxylic acids is 2. The van der Waals surface area contributed by atoms with Crippen LogP contribution >= 0.6 is 23.2 Å². The zero-order chi connectivity index (χ0) is 16.2. The largest absolute Gasteiger partial charge is 0.494 e. The molecule has 21 heavy (non-hydrogen) atoms. The molecule has 0 saturated heterocycles. The third-order valence-electron chi connectivity index (χ3n) is 2.58. The molecule has 0 aliphatic heterocycles. The van der Waals surface area contributed by atoms with E-state index in [0.29, 0.717) is 0 Å². The van der Waals surface area contributed by atoms with Gasteiger partial charge in [-0.3, -0.25) is 9.59 Å². The minimum atomic E-state index is -1.35. The minimum absolute atomic E-state index is 0.0358. The molecule has 0 radical (unpaired) electrons. The highest BCUT2D eigenvalue weighted by molar-refractivity contribution is 6.37. The molecule has 6 nitrogen and oxygen atoms in total. The number of benzene rings is 1. The first-order chi connectivity index (χ1) is 9.77. The number of carboxylic acids is 1. The van der Waals surface area contributed by atoms with Crippen LogP contribution < -0.4 is 10.1 Å². The Kier molecular flexibility index (Phi) is 5.99. The number of carbonyl (C=O) groups is 3. The van der Waals surface area contributed by atoms with Gasteiger partial charge in [0.2, 0.25) is 0 Å². The third kappa shape index (κ3) is 4.34. The number of ketones is 1. The molecule has 0 aliphatic rings. The molecule has 114 valence electrons. The maximum absolute atomic E-state index is 12.2. The van der Waals surface area contributed by atoms with Crippen molar-refractivity contribution in [3.8, 4) is 5.75 Å². The average Bonchev–Trinajstić information content (AvgIpc) is 2.39. The van der Waals surface area contributed by atoms with Gasteiger partial charge in [-0.2, -0.15) is 0 Å². The Labute approximate surface area is 131 Å². The van der Waals surface area contributed by atoms with Crippen LogP contribution in [-0.2, 0) is 9.59 Å². The fourth-order valence-corrected chi connectivity index (χ4v) is 2.13. The van der Waals surface area contributed by atoms with Crippen molar-refractivity contribution < 1.29 is 24.2 Å². The van der Waals surface area contributed by atoms with Crippen LogP contribution in [0, 0.1) is 0 Å². The van der Waals surface area contributed by atoms with Crippen LogP contribution in [0.1, 0.15) is 23.7 Å². The SMILES string of the molecule is COc1c(Cl)ccc(Cl)c1C(=O)NC(CC(C)=O)C(=O)O. The van der Waals surface area contributed by atoms with Crippen LogP contribution in [0.15, 0.2) is 12.1 Å². The molecular weight excluding hydrogens is 321 g/mol. The first-order valence-corrected chi connectivity index (χ1v) is 6.58. The predicted octanol–water partition coefficient (Wildman–Crippen LogP) is 2.16. The molecule has 8 heteroatoms. The Hall–Kier alpha value is -1.79. The summed E-state index contributed by atoms with van der Waals surface area (Å²) in [4.78, 5) is 34.3. The Morgan fingerprint density at radius 1 is 1.29 bits per heavy atom. The Balaban J connectivity index is 3.11. The molecule has 1 atom stereocenters. The smallest absolute Gasteiger partial charge is 0.326 e. The molecular formula is C13H13Cl2NO5. The van der Waals surface area contributed by atoms with Crippen LogP contribution in [0.4, 0.5) is 0 Å². The van der Waals surface area contributed by atoms with E-state index in [0.717, 1.165) is 0 Å². The Bertz CT molecular complexity index is 588. The third-order valence-corrected chi connectivity index (χ3v) is 3.20. The van der Waals surface area contributed by atoms with Crippen LogP contribution in [0.3, 0.4) is 0 Å². The maximum Gasteiger partial charge on any atom is 0.326 e. The van der Waals surface area contributed by atoms with E-state index in [1.54, 1.807) is 0 Å². The number of methoxy groups -OCH3 is 1. The topological polar surface area (TPSA) is 92.7 Å². The van der Waals surface area contributed by atoms with Gasteiger partial charge in [-0.1, -0.05) is 23.2 Å². The van der Waals surface area contributed by atoms with E-state index in [-0.39, 0.29) is 33.6 Å². The van der Waals surface area contributed by atoms with E-state index < -0.39 is 17.9 Å². The fourth-order valence-electron chi connectivity index (χ4n) is 1.66. The monoisotopic (exact) mass is 333 g/mol. The number of amides is 1. The van der Waals surface area contributed by atoms with Crippen molar-refractivity contribution in [2.24, 2.45) is 0 Å². The molecule has 0 spiro atoms. The molecule has 0 bridgehead atoms. The van der Waals surface area contributed by atoms with Crippen molar-refractivity contribution in [1.29, 1.82) is 0 Å². The molecule has 1 amide bonds. The number of carboxylic acid groups (broad SMARTS) is 1. The summed E-state index contributed by atoms with van der Waals surface area (Å²) in [5, 5.41) is 11.4.